The number of imide groups is 1. The Hall–Kier alpha value is -2.90. The summed E-state index contributed by atoms with van der Waals surface area (Å²) in [4.78, 5) is 39.4. The van der Waals surface area contributed by atoms with Crippen LogP contribution in [0, 0.1) is 19.8 Å². The summed E-state index contributed by atoms with van der Waals surface area (Å²) in [5.41, 5.74) is 1.75. The second kappa shape index (κ2) is 7.61. The fraction of sp³-hybridized carbons (Fsp3) is 0.158. The van der Waals surface area contributed by atoms with E-state index in [1.165, 1.54) is 6.07 Å². The summed E-state index contributed by atoms with van der Waals surface area (Å²) >= 11 is 11.9. The number of rotatable bonds is 3. The number of amides is 3. The molecule has 2 aromatic carbocycles. The molecule has 3 amide bonds. The number of benzene rings is 2. The van der Waals surface area contributed by atoms with Crippen molar-refractivity contribution in [1.82, 2.24) is 0 Å². The van der Waals surface area contributed by atoms with Gasteiger partial charge in [-0.2, -0.15) is 5.10 Å². The molecule has 0 radical (unpaired) electrons. The molecule has 0 spiro atoms. The molecule has 0 unspecified atom stereocenters. The first-order valence-electron chi connectivity index (χ1n) is 8.24. The number of aryl methyl sites for hydroxylation is 2. The van der Waals surface area contributed by atoms with Crippen LogP contribution in [0.5, 0.6) is 0 Å². The van der Waals surface area contributed by atoms with E-state index in [0.717, 1.165) is 4.90 Å². The SMILES string of the molecule is Cc1cc(Cl)ccc1NC(=O)[C@@H]1C(=O)N(c2ccc(Cl)cc2C)C(=O)/C1=N/N. The normalized spacial score (nSPS) is 18.1. The predicted octanol–water partition coefficient (Wildman–Crippen LogP) is 3.05. The Bertz CT molecular complexity index is 1040. The van der Waals surface area contributed by atoms with Crippen LogP contribution in [0.2, 0.25) is 10.0 Å². The fourth-order valence-corrected chi connectivity index (χ4v) is 3.47. The molecule has 1 heterocycles. The zero-order valence-corrected chi connectivity index (χ0v) is 16.5. The first kappa shape index (κ1) is 19.9. The molecule has 3 rings (SSSR count). The van der Waals surface area contributed by atoms with Gasteiger partial charge in [0.1, 0.15) is 5.71 Å². The maximum atomic E-state index is 12.9. The minimum absolute atomic E-state index is 0.318. The van der Waals surface area contributed by atoms with E-state index in [4.69, 9.17) is 29.0 Å². The van der Waals surface area contributed by atoms with Crippen molar-refractivity contribution < 1.29 is 14.4 Å². The Kier molecular flexibility index (Phi) is 5.40. The topological polar surface area (TPSA) is 105 Å². The molecule has 0 aromatic heterocycles. The van der Waals surface area contributed by atoms with Crippen LogP contribution in [-0.4, -0.2) is 23.4 Å². The highest BCUT2D eigenvalue weighted by molar-refractivity contribution is 6.61. The molecule has 9 heteroatoms. The number of hydrogen-bond donors (Lipinski definition) is 2. The monoisotopic (exact) mass is 418 g/mol. The van der Waals surface area contributed by atoms with E-state index in [1.807, 2.05) is 0 Å². The third-order valence-corrected chi connectivity index (χ3v) is 4.88. The molecule has 1 atom stereocenters. The highest BCUT2D eigenvalue weighted by Crippen LogP contribution is 2.30. The summed E-state index contributed by atoms with van der Waals surface area (Å²) in [5, 5.41) is 7.02. The van der Waals surface area contributed by atoms with Crippen LogP contribution in [0.25, 0.3) is 0 Å². The molecule has 0 aliphatic carbocycles. The van der Waals surface area contributed by atoms with Crippen LogP contribution in [-0.2, 0) is 14.4 Å². The average Bonchev–Trinajstić information content (AvgIpc) is 2.88. The zero-order valence-electron chi connectivity index (χ0n) is 15.0. The Morgan fingerprint density at radius 2 is 1.68 bits per heavy atom. The number of carbonyl (C=O) groups is 3. The highest BCUT2D eigenvalue weighted by atomic mass is 35.5. The first-order valence-corrected chi connectivity index (χ1v) is 8.99. The van der Waals surface area contributed by atoms with E-state index in [1.54, 1.807) is 44.2 Å². The van der Waals surface area contributed by atoms with Gasteiger partial charge in [0.15, 0.2) is 5.92 Å². The van der Waals surface area contributed by atoms with Crippen molar-refractivity contribution >= 4 is 58.0 Å². The van der Waals surface area contributed by atoms with Crippen LogP contribution >= 0.6 is 23.2 Å². The van der Waals surface area contributed by atoms with E-state index in [2.05, 4.69) is 10.4 Å². The minimum Gasteiger partial charge on any atom is -0.325 e. The molecule has 2 aromatic rings. The largest absolute Gasteiger partial charge is 0.325 e. The quantitative estimate of drug-likeness (QED) is 0.345. The van der Waals surface area contributed by atoms with Gasteiger partial charge in [-0.3, -0.25) is 14.4 Å². The van der Waals surface area contributed by atoms with Gasteiger partial charge < -0.3 is 11.2 Å². The van der Waals surface area contributed by atoms with Crippen LogP contribution in [0.15, 0.2) is 41.5 Å². The summed E-state index contributed by atoms with van der Waals surface area (Å²) in [6.45, 7) is 3.45. The maximum Gasteiger partial charge on any atom is 0.282 e. The summed E-state index contributed by atoms with van der Waals surface area (Å²) < 4.78 is 0. The van der Waals surface area contributed by atoms with E-state index in [0.29, 0.717) is 32.5 Å². The number of nitrogens with two attached hydrogens (primary N) is 1. The molecular formula is C19H16Cl2N4O3. The van der Waals surface area contributed by atoms with Crippen LogP contribution < -0.4 is 16.1 Å². The molecule has 144 valence electrons. The summed E-state index contributed by atoms with van der Waals surface area (Å²) in [5.74, 6) is 1.69. The van der Waals surface area contributed by atoms with Crippen molar-refractivity contribution in [2.45, 2.75) is 13.8 Å². The third kappa shape index (κ3) is 3.46. The minimum atomic E-state index is -1.46. The zero-order chi connectivity index (χ0) is 20.6. The van der Waals surface area contributed by atoms with Gasteiger partial charge >= 0.3 is 0 Å². The third-order valence-electron chi connectivity index (χ3n) is 4.41. The van der Waals surface area contributed by atoms with Crippen LogP contribution in [0.3, 0.4) is 0 Å². The lowest BCUT2D eigenvalue weighted by Crippen LogP contribution is -2.35. The van der Waals surface area contributed by atoms with E-state index in [9.17, 15) is 14.4 Å². The number of nitrogens with zero attached hydrogens (tertiary/aromatic N) is 2. The predicted molar refractivity (Wildman–Crippen MR) is 109 cm³/mol. The second-order valence-corrected chi connectivity index (χ2v) is 7.18. The van der Waals surface area contributed by atoms with Gasteiger partial charge in [0.2, 0.25) is 5.91 Å². The molecule has 28 heavy (non-hydrogen) atoms. The highest BCUT2D eigenvalue weighted by Gasteiger charge is 2.50. The molecule has 0 bridgehead atoms. The Morgan fingerprint density at radius 3 is 2.25 bits per heavy atom. The standard InChI is InChI=1S/C19H16Cl2N4O3/c1-9-7-11(20)3-5-13(9)23-17(26)15-16(24-22)19(28)25(18(15)27)14-6-4-12(21)8-10(14)2/h3-8,15H,22H2,1-2H3,(H,23,26)/b24-16+/t15-/m1/s1. The Balaban J connectivity index is 1.95. The number of nitrogens with one attached hydrogen (secondary N) is 1. The van der Waals surface area contributed by atoms with Crippen LogP contribution in [0.4, 0.5) is 11.4 Å². The molecule has 1 fully saturated rings. The number of hydrazone groups is 1. The maximum absolute atomic E-state index is 12.9. The number of carbonyl (C=O) groups excluding carboxylic acids is 3. The summed E-state index contributed by atoms with van der Waals surface area (Å²) in [6.07, 6.45) is 0. The van der Waals surface area contributed by atoms with Gasteiger partial charge in [0.05, 0.1) is 5.69 Å². The summed E-state index contributed by atoms with van der Waals surface area (Å²) in [6, 6.07) is 9.57. The van der Waals surface area contributed by atoms with Crippen molar-refractivity contribution in [2.24, 2.45) is 16.9 Å². The Labute approximate surface area is 171 Å². The van der Waals surface area contributed by atoms with Crippen molar-refractivity contribution in [1.29, 1.82) is 0 Å². The Morgan fingerprint density at radius 1 is 1.07 bits per heavy atom. The van der Waals surface area contributed by atoms with Crippen molar-refractivity contribution in [3.05, 3.63) is 57.6 Å². The lowest BCUT2D eigenvalue weighted by Gasteiger charge is -2.17. The van der Waals surface area contributed by atoms with Gasteiger partial charge in [0, 0.05) is 15.7 Å². The molecule has 1 saturated heterocycles. The fourth-order valence-electron chi connectivity index (χ4n) is 3.02. The lowest BCUT2D eigenvalue weighted by molar-refractivity contribution is -0.127. The number of halogens is 2. The van der Waals surface area contributed by atoms with Crippen LogP contribution in [0.1, 0.15) is 11.1 Å². The van der Waals surface area contributed by atoms with Gasteiger partial charge in [-0.15, -0.1) is 0 Å². The molecule has 1 aliphatic heterocycles. The smallest absolute Gasteiger partial charge is 0.282 e. The van der Waals surface area contributed by atoms with Gasteiger partial charge in [-0.25, -0.2) is 4.90 Å². The number of anilines is 2. The van der Waals surface area contributed by atoms with Crippen molar-refractivity contribution in [3.8, 4) is 0 Å². The molecular weight excluding hydrogens is 403 g/mol. The van der Waals surface area contributed by atoms with Crippen molar-refractivity contribution in [3.63, 3.8) is 0 Å². The van der Waals surface area contributed by atoms with Gasteiger partial charge in [0.25, 0.3) is 11.8 Å². The molecule has 0 saturated carbocycles. The average molecular weight is 419 g/mol. The van der Waals surface area contributed by atoms with Gasteiger partial charge in [-0.1, -0.05) is 23.2 Å². The van der Waals surface area contributed by atoms with E-state index in [-0.39, 0.29) is 5.71 Å². The second-order valence-electron chi connectivity index (χ2n) is 6.31. The van der Waals surface area contributed by atoms with Gasteiger partial charge in [-0.05, 0) is 61.4 Å². The van der Waals surface area contributed by atoms with E-state index < -0.39 is 23.6 Å². The van der Waals surface area contributed by atoms with E-state index >= 15 is 0 Å². The molecule has 3 N–H and O–H groups in total. The first-order chi connectivity index (χ1) is 13.2. The lowest BCUT2D eigenvalue weighted by atomic mass is 10.0. The summed E-state index contributed by atoms with van der Waals surface area (Å²) in [7, 11) is 0. The number of hydrogen-bond acceptors (Lipinski definition) is 5. The molecule has 7 nitrogen and oxygen atoms in total. The van der Waals surface area contributed by atoms with Crippen molar-refractivity contribution in [2.75, 3.05) is 10.2 Å². The molecule has 1 aliphatic rings.